The molecule has 9 nitrogen and oxygen atoms in total. The quantitative estimate of drug-likeness (QED) is 0.176. The number of Topliss-reactive ketones (excluding diaryl/α,β-unsaturated/α-hetero) is 1. The molecule has 0 radical (unpaired) electrons. The van der Waals surface area contributed by atoms with Gasteiger partial charge in [-0.1, -0.05) is 31.5 Å². The smallest absolute Gasteiger partial charge is 0.338 e. The van der Waals surface area contributed by atoms with Crippen molar-refractivity contribution in [3.05, 3.63) is 88.2 Å². The van der Waals surface area contributed by atoms with Gasteiger partial charge in [0.15, 0.2) is 0 Å². The number of aromatic nitrogens is 1. The number of aliphatic hydroxyl groups is 1. The van der Waals surface area contributed by atoms with Crippen LogP contribution in [0, 0.1) is 5.92 Å². The first-order valence-corrected chi connectivity index (χ1v) is 12.5. The zero-order chi connectivity index (χ0) is 28.3. The van der Waals surface area contributed by atoms with Gasteiger partial charge in [-0.3, -0.25) is 19.5 Å². The lowest BCUT2D eigenvalue weighted by molar-refractivity contribution is -0.132. The molecule has 0 saturated carbocycles. The van der Waals surface area contributed by atoms with Gasteiger partial charge >= 0.3 is 5.97 Å². The Hall–Kier alpha value is -4.37. The van der Waals surface area contributed by atoms with Crippen molar-refractivity contribution in [1.82, 2.24) is 4.98 Å². The van der Waals surface area contributed by atoms with Gasteiger partial charge in [0.25, 0.3) is 11.7 Å². The van der Waals surface area contributed by atoms with Gasteiger partial charge in [-0.05, 0) is 47.9 Å². The largest absolute Gasteiger partial charge is 0.507 e. The summed E-state index contributed by atoms with van der Waals surface area (Å²) in [6.45, 7) is 4.14. The molecule has 4 rings (SSSR count). The Morgan fingerprint density at radius 3 is 2.36 bits per heavy atom. The highest BCUT2D eigenvalue weighted by Crippen LogP contribution is 2.44. The lowest BCUT2D eigenvalue weighted by Crippen LogP contribution is -2.29. The Morgan fingerprint density at radius 2 is 1.77 bits per heavy atom. The Morgan fingerprint density at radius 1 is 1.08 bits per heavy atom. The lowest BCUT2D eigenvalue weighted by Gasteiger charge is -2.25. The molecule has 0 spiro atoms. The van der Waals surface area contributed by atoms with Gasteiger partial charge in [0.2, 0.25) is 0 Å². The SMILES string of the molecule is COc1cc(OC)c(/C(O)=C2\C(=O)C(=O)N(c3ccc(C(=O)OCC(C)C)cc3)C2c2cccnc2)cc1Cl. The number of aliphatic hydroxyl groups excluding tert-OH is 1. The molecule has 0 aliphatic carbocycles. The number of hydrogen-bond acceptors (Lipinski definition) is 8. The highest BCUT2D eigenvalue weighted by molar-refractivity contribution is 6.51. The van der Waals surface area contributed by atoms with E-state index >= 15 is 0 Å². The molecule has 3 aromatic rings. The molecule has 1 atom stereocenters. The van der Waals surface area contributed by atoms with Crippen LogP contribution in [0.4, 0.5) is 5.69 Å². The van der Waals surface area contributed by atoms with Crippen molar-refractivity contribution in [3.8, 4) is 11.5 Å². The summed E-state index contributed by atoms with van der Waals surface area (Å²) >= 11 is 6.31. The van der Waals surface area contributed by atoms with Crippen LogP contribution in [0.1, 0.15) is 41.4 Å². The fourth-order valence-electron chi connectivity index (χ4n) is 4.23. The first-order chi connectivity index (χ1) is 18.7. The van der Waals surface area contributed by atoms with Crippen molar-refractivity contribution in [3.63, 3.8) is 0 Å². The van der Waals surface area contributed by atoms with Crippen LogP contribution in [0.15, 0.2) is 66.5 Å². The van der Waals surface area contributed by atoms with E-state index in [0.717, 1.165) is 0 Å². The Kier molecular flexibility index (Phi) is 8.21. The normalized spacial score (nSPS) is 16.5. The number of anilines is 1. The molecule has 1 aromatic heterocycles. The van der Waals surface area contributed by atoms with Crippen LogP contribution < -0.4 is 14.4 Å². The molecule has 2 heterocycles. The molecule has 1 amide bonds. The molecule has 1 aliphatic rings. The minimum atomic E-state index is -1.02. The van der Waals surface area contributed by atoms with Gasteiger partial charge in [-0.2, -0.15) is 0 Å². The van der Waals surface area contributed by atoms with Crippen LogP contribution in [-0.4, -0.2) is 48.6 Å². The molecule has 39 heavy (non-hydrogen) atoms. The van der Waals surface area contributed by atoms with Gasteiger partial charge in [0.1, 0.15) is 17.3 Å². The van der Waals surface area contributed by atoms with Crippen LogP contribution in [-0.2, 0) is 14.3 Å². The van der Waals surface area contributed by atoms with E-state index in [1.807, 2.05) is 13.8 Å². The third kappa shape index (κ3) is 5.44. The van der Waals surface area contributed by atoms with Gasteiger partial charge in [0, 0.05) is 24.1 Å². The van der Waals surface area contributed by atoms with E-state index in [2.05, 4.69) is 4.98 Å². The van der Waals surface area contributed by atoms with E-state index < -0.39 is 29.5 Å². The van der Waals surface area contributed by atoms with E-state index in [0.29, 0.717) is 22.6 Å². The average molecular weight is 551 g/mol. The predicted molar refractivity (Wildman–Crippen MR) is 145 cm³/mol. The van der Waals surface area contributed by atoms with Crippen LogP contribution in [0.25, 0.3) is 5.76 Å². The zero-order valence-corrected chi connectivity index (χ0v) is 22.6. The molecule has 202 valence electrons. The highest BCUT2D eigenvalue weighted by atomic mass is 35.5. The fourth-order valence-corrected chi connectivity index (χ4v) is 4.47. The van der Waals surface area contributed by atoms with E-state index in [9.17, 15) is 19.5 Å². The average Bonchev–Trinajstić information content (AvgIpc) is 3.21. The number of rotatable bonds is 8. The maximum absolute atomic E-state index is 13.4. The summed E-state index contributed by atoms with van der Waals surface area (Å²) in [5, 5.41) is 11.6. The molecule has 1 N–H and O–H groups in total. The number of ketones is 1. The molecule has 0 bridgehead atoms. The number of carbonyl (C=O) groups excluding carboxylic acids is 3. The second-order valence-corrected chi connectivity index (χ2v) is 9.59. The number of pyridine rings is 1. The maximum Gasteiger partial charge on any atom is 0.338 e. The van der Waals surface area contributed by atoms with Gasteiger partial charge in [-0.25, -0.2) is 4.79 Å². The van der Waals surface area contributed by atoms with Crippen molar-refractivity contribution in [2.24, 2.45) is 5.92 Å². The number of benzene rings is 2. The van der Waals surface area contributed by atoms with Crippen molar-refractivity contribution in [1.29, 1.82) is 0 Å². The minimum Gasteiger partial charge on any atom is -0.507 e. The number of esters is 1. The van der Waals surface area contributed by atoms with Crippen LogP contribution >= 0.6 is 11.6 Å². The molecule has 1 aliphatic heterocycles. The van der Waals surface area contributed by atoms with Crippen molar-refractivity contribution in [2.45, 2.75) is 19.9 Å². The van der Waals surface area contributed by atoms with Crippen LogP contribution in [0.2, 0.25) is 5.02 Å². The fraction of sp³-hybridized carbons (Fsp3) is 0.241. The number of hydrogen-bond donors (Lipinski definition) is 1. The Balaban J connectivity index is 1.83. The maximum atomic E-state index is 13.4. The van der Waals surface area contributed by atoms with Gasteiger partial charge in [-0.15, -0.1) is 0 Å². The number of ether oxygens (including phenoxy) is 3. The molecular formula is C29H27ClN2O7. The Bertz CT molecular complexity index is 1440. The van der Waals surface area contributed by atoms with E-state index in [-0.39, 0.29) is 34.4 Å². The van der Waals surface area contributed by atoms with Gasteiger partial charge in [0.05, 0.1) is 48.6 Å². The predicted octanol–water partition coefficient (Wildman–Crippen LogP) is 5.19. The number of nitrogens with zero attached hydrogens (tertiary/aromatic N) is 2. The summed E-state index contributed by atoms with van der Waals surface area (Å²) in [6, 6.07) is 11.3. The zero-order valence-electron chi connectivity index (χ0n) is 21.8. The van der Waals surface area contributed by atoms with E-state index in [4.69, 9.17) is 25.8 Å². The van der Waals surface area contributed by atoms with Crippen molar-refractivity contribution in [2.75, 3.05) is 25.7 Å². The molecular weight excluding hydrogens is 524 g/mol. The summed E-state index contributed by atoms with van der Waals surface area (Å²) in [4.78, 5) is 44.6. The van der Waals surface area contributed by atoms with Gasteiger partial charge < -0.3 is 19.3 Å². The lowest BCUT2D eigenvalue weighted by atomic mass is 9.95. The van der Waals surface area contributed by atoms with Crippen LogP contribution in [0.5, 0.6) is 11.5 Å². The van der Waals surface area contributed by atoms with E-state index in [1.165, 1.54) is 49.6 Å². The van der Waals surface area contributed by atoms with E-state index in [1.54, 1.807) is 30.5 Å². The Labute approximate surface area is 230 Å². The van der Waals surface area contributed by atoms with Crippen LogP contribution in [0.3, 0.4) is 0 Å². The summed E-state index contributed by atoms with van der Waals surface area (Å²) in [5.74, 6) is -2.06. The number of carbonyl (C=O) groups is 3. The molecule has 1 unspecified atom stereocenters. The second-order valence-electron chi connectivity index (χ2n) is 9.18. The minimum absolute atomic E-state index is 0.110. The summed E-state index contributed by atoms with van der Waals surface area (Å²) < 4.78 is 15.9. The third-order valence-electron chi connectivity index (χ3n) is 6.10. The monoisotopic (exact) mass is 550 g/mol. The summed E-state index contributed by atoms with van der Waals surface area (Å²) in [6.07, 6.45) is 3.06. The molecule has 1 fully saturated rings. The number of amides is 1. The second kappa shape index (κ2) is 11.6. The molecule has 2 aromatic carbocycles. The third-order valence-corrected chi connectivity index (χ3v) is 6.40. The summed E-state index contributed by atoms with van der Waals surface area (Å²) in [5.41, 5.74) is 1.06. The van der Waals surface area contributed by atoms with Crippen molar-refractivity contribution >= 4 is 40.7 Å². The highest BCUT2D eigenvalue weighted by Gasteiger charge is 2.47. The first-order valence-electron chi connectivity index (χ1n) is 12.1. The summed E-state index contributed by atoms with van der Waals surface area (Å²) in [7, 11) is 2.83. The molecule has 10 heteroatoms. The van der Waals surface area contributed by atoms with Crippen molar-refractivity contribution < 1.29 is 33.7 Å². The first kappa shape index (κ1) is 27.7. The number of methoxy groups -OCH3 is 2. The number of halogens is 1. The molecule has 1 saturated heterocycles. The topological polar surface area (TPSA) is 115 Å². The standard InChI is InChI=1S/C29H27ClN2O7/c1-16(2)15-39-29(36)17-7-9-19(10-8-17)32-25(18-6-5-11-31-14-18)24(27(34)28(32)35)26(33)20-12-21(30)23(38-4)13-22(20)37-3/h5-14,16,25,33H,15H2,1-4H3/b26-24+.